The van der Waals surface area contributed by atoms with Gasteiger partial charge in [-0.3, -0.25) is 0 Å². The summed E-state index contributed by atoms with van der Waals surface area (Å²) in [6.07, 6.45) is -2.62. The van der Waals surface area contributed by atoms with Crippen LogP contribution in [0.25, 0.3) is 10.9 Å². The molecule has 10 heteroatoms. The zero-order valence-corrected chi connectivity index (χ0v) is 17.1. The number of nitrogens with one attached hydrogen (secondary N) is 1. The second-order valence-corrected chi connectivity index (χ2v) is 7.56. The number of nitrogens with zero attached hydrogens (tertiary/aromatic N) is 3. The van der Waals surface area contributed by atoms with E-state index in [1.807, 2.05) is 0 Å². The van der Waals surface area contributed by atoms with Gasteiger partial charge in [-0.05, 0) is 42.8 Å². The Hall–Kier alpha value is -3.58. The summed E-state index contributed by atoms with van der Waals surface area (Å²) in [5.41, 5.74) is 6.09. The first kappa shape index (κ1) is 21.6. The number of nitrogens with two attached hydrogens (primary N) is 1. The maximum absolute atomic E-state index is 13.2. The van der Waals surface area contributed by atoms with Gasteiger partial charge in [0, 0.05) is 17.5 Å². The van der Waals surface area contributed by atoms with Crippen LogP contribution in [0.1, 0.15) is 36.1 Å². The van der Waals surface area contributed by atoms with Crippen LogP contribution in [-0.2, 0) is 10.9 Å². The lowest BCUT2D eigenvalue weighted by Crippen LogP contribution is -2.16. The molecule has 2 atom stereocenters. The Bertz CT molecular complexity index is 1190. The number of fused-ring (bicyclic) bond motifs is 1. The second-order valence-electron chi connectivity index (χ2n) is 7.56. The summed E-state index contributed by atoms with van der Waals surface area (Å²) in [5.74, 6) is 0.778. The molecule has 3 N–H and O–H groups in total. The molecule has 1 saturated heterocycles. The minimum Gasteiger partial charge on any atom is -0.487 e. The van der Waals surface area contributed by atoms with E-state index in [2.05, 4.69) is 21.4 Å². The molecule has 0 bridgehead atoms. The molecule has 1 aliphatic rings. The predicted octanol–water partition coefficient (Wildman–Crippen LogP) is 4.44. The molecule has 0 radical (unpaired) electrons. The van der Waals surface area contributed by atoms with E-state index in [0.29, 0.717) is 53.2 Å². The molecule has 0 spiro atoms. The molecule has 2 heterocycles. The van der Waals surface area contributed by atoms with Crippen molar-refractivity contribution in [1.82, 2.24) is 9.97 Å². The van der Waals surface area contributed by atoms with E-state index in [0.717, 1.165) is 12.1 Å². The molecule has 0 unspecified atom stereocenters. The molecule has 2 aromatic carbocycles. The molecule has 0 saturated carbocycles. The summed E-state index contributed by atoms with van der Waals surface area (Å²) in [4.78, 5) is 8.47. The van der Waals surface area contributed by atoms with Crippen molar-refractivity contribution in [1.29, 1.82) is 5.26 Å². The Morgan fingerprint density at radius 1 is 1.25 bits per heavy atom. The van der Waals surface area contributed by atoms with Crippen LogP contribution in [0.3, 0.4) is 0 Å². The minimum atomic E-state index is -4.50. The number of hydrogen-bond donors (Lipinski definition) is 2. The predicted molar refractivity (Wildman–Crippen MR) is 112 cm³/mol. The van der Waals surface area contributed by atoms with Crippen LogP contribution in [-0.4, -0.2) is 29.3 Å². The maximum Gasteiger partial charge on any atom is 0.416 e. The van der Waals surface area contributed by atoms with E-state index < -0.39 is 17.8 Å². The summed E-state index contributed by atoms with van der Waals surface area (Å²) in [6, 6.07) is 8.27. The molecular weight excluding hydrogens is 423 g/mol. The van der Waals surface area contributed by atoms with Crippen molar-refractivity contribution in [2.45, 2.75) is 31.7 Å². The van der Waals surface area contributed by atoms with Crippen molar-refractivity contribution < 1.29 is 22.6 Å². The summed E-state index contributed by atoms with van der Waals surface area (Å²) in [5, 5.41) is 13.2. The summed E-state index contributed by atoms with van der Waals surface area (Å²) >= 11 is 0. The van der Waals surface area contributed by atoms with Gasteiger partial charge in [0.05, 0.1) is 35.9 Å². The first-order valence-corrected chi connectivity index (χ1v) is 9.92. The van der Waals surface area contributed by atoms with Gasteiger partial charge in [0.25, 0.3) is 0 Å². The molecule has 166 valence electrons. The van der Waals surface area contributed by atoms with Crippen molar-refractivity contribution in [2.24, 2.45) is 0 Å². The number of anilines is 2. The summed E-state index contributed by atoms with van der Waals surface area (Å²) < 4.78 is 50.8. The monoisotopic (exact) mass is 443 g/mol. The Morgan fingerprint density at radius 3 is 2.75 bits per heavy atom. The lowest BCUT2D eigenvalue weighted by Gasteiger charge is -2.19. The van der Waals surface area contributed by atoms with Gasteiger partial charge in [0.2, 0.25) is 0 Å². The van der Waals surface area contributed by atoms with Gasteiger partial charge in [-0.2, -0.15) is 18.4 Å². The number of halogens is 3. The van der Waals surface area contributed by atoms with Gasteiger partial charge in [-0.15, -0.1) is 0 Å². The molecular formula is C22H20F3N5O2. The van der Waals surface area contributed by atoms with Crippen LogP contribution < -0.4 is 15.8 Å². The standard InChI is InChI=1S/C22H20F3N5O2/c1-12(13-4-15(22(23,24)25)7-16(27)5-13)30-21-18-8-20(32-17-2-3-31-10-17)14(9-26)6-19(18)28-11-29-21/h4-8,11-12,17H,2-3,10,27H2,1H3,(H,28,29,30)/t12-,17+/m1/s1. The zero-order valence-electron chi connectivity index (χ0n) is 17.1. The van der Waals surface area contributed by atoms with E-state index >= 15 is 0 Å². The van der Waals surface area contributed by atoms with E-state index in [4.69, 9.17) is 15.2 Å². The Balaban J connectivity index is 1.68. The van der Waals surface area contributed by atoms with Crippen molar-refractivity contribution in [2.75, 3.05) is 24.3 Å². The largest absolute Gasteiger partial charge is 0.487 e. The number of ether oxygens (including phenoxy) is 2. The van der Waals surface area contributed by atoms with Crippen LogP contribution >= 0.6 is 0 Å². The molecule has 1 aliphatic heterocycles. The molecule has 7 nitrogen and oxygen atoms in total. The van der Waals surface area contributed by atoms with Crippen LogP contribution in [0, 0.1) is 11.3 Å². The third-order valence-electron chi connectivity index (χ3n) is 5.20. The average Bonchev–Trinajstić information content (AvgIpc) is 3.25. The summed E-state index contributed by atoms with van der Waals surface area (Å²) in [7, 11) is 0. The van der Waals surface area contributed by atoms with Crippen molar-refractivity contribution in [3.8, 4) is 11.8 Å². The molecule has 0 aliphatic carbocycles. The minimum absolute atomic E-state index is 0.0177. The highest BCUT2D eigenvalue weighted by Gasteiger charge is 2.31. The number of nitriles is 1. The van der Waals surface area contributed by atoms with Gasteiger partial charge in [0.15, 0.2) is 0 Å². The number of benzene rings is 2. The molecule has 32 heavy (non-hydrogen) atoms. The van der Waals surface area contributed by atoms with Crippen molar-refractivity contribution in [3.05, 3.63) is 53.3 Å². The van der Waals surface area contributed by atoms with Gasteiger partial charge in [0.1, 0.15) is 30.1 Å². The number of nitrogen functional groups attached to an aromatic ring is 1. The van der Waals surface area contributed by atoms with Crippen LogP contribution in [0.2, 0.25) is 0 Å². The smallest absolute Gasteiger partial charge is 0.416 e. The van der Waals surface area contributed by atoms with Gasteiger partial charge in [-0.25, -0.2) is 9.97 Å². The van der Waals surface area contributed by atoms with Crippen LogP contribution in [0.4, 0.5) is 24.7 Å². The van der Waals surface area contributed by atoms with E-state index in [9.17, 15) is 18.4 Å². The SMILES string of the molecule is C[C@@H](Nc1ncnc2cc(C#N)c(O[C@H]3CCOC3)cc12)c1cc(N)cc(C(F)(F)F)c1. The van der Waals surface area contributed by atoms with E-state index in [-0.39, 0.29) is 11.8 Å². The highest BCUT2D eigenvalue weighted by Crippen LogP contribution is 2.35. The first-order valence-electron chi connectivity index (χ1n) is 9.92. The number of alkyl halides is 3. The quantitative estimate of drug-likeness (QED) is 0.562. The number of rotatable bonds is 5. The molecule has 3 aromatic rings. The number of aromatic nitrogens is 2. The molecule has 1 aromatic heterocycles. The Labute approximate surface area is 182 Å². The number of hydrogen-bond acceptors (Lipinski definition) is 7. The fraction of sp³-hybridized carbons (Fsp3) is 0.318. The van der Waals surface area contributed by atoms with Gasteiger partial charge in [-0.1, -0.05) is 0 Å². The zero-order chi connectivity index (χ0) is 22.9. The molecule has 0 amide bonds. The van der Waals surface area contributed by atoms with Gasteiger partial charge >= 0.3 is 6.18 Å². The van der Waals surface area contributed by atoms with E-state index in [1.165, 1.54) is 12.4 Å². The third-order valence-corrected chi connectivity index (χ3v) is 5.20. The lowest BCUT2D eigenvalue weighted by atomic mass is 10.0. The Kier molecular flexibility index (Phi) is 5.76. The van der Waals surface area contributed by atoms with Crippen molar-refractivity contribution >= 4 is 22.4 Å². The highest BCUT2D eigenvalue weighted by atomic mass is 19.4. The molecule has 1 fully saturated rings. The van der Waals surface area contributed by atoms with Crippen LogP contribution in [0.15, 0.2) is 36.7 Å². The molecule has 4 rings (SSSR count). The average molecular weight is 443 g/mol. The van der Waals surface area contributed by atoms with Gasteiger partial charge < -0.3 is 20.5 Å². The normalized spacial score (nSPS) is 17.2. The maximum atomic E-state index is 13.2. The lowest BCUT2D eigenvalue weighted by molar-refractivity contribution is -0.137. The first-order chi connectivity index (χ1) is 15.2. The highest BCUT2D eigenvalue weighted by molar-refractivity contribution is 5.91. The topological polar surface area (TPSA) is 106 Å². The second kappa shape index (κ2) is 8.51. The third kappa shape index (κ3) is 4.53. The van der Waals surface area contributed by atoms with Crippen LogP contribution in [0.5, 0.6) is 5.75 Å². The van der Waals surface area contributed by atoms with E-state index in [1.54, 1.807) is 19.1 Å². The fourth-order valence-electron chi connectivity index (χ4n) is 3.55. The Morgan fingerprint density at radius 2 is 2.06 bits per heavy atom. The fourth-order valence-corrected chi connectivity index (χ4v) is 3.55. The summed E-state index contributed by atoms with van der Waals surface area (Å²) in [6.45, 7) is 2.74. The van der Waals surface area contributed by atoms with Crippen molar-refractivity contribution in [3.63, 3.8) is 0 Å².